The van der Waals surface area contributed by atoms with E-state index in [2.05, 4.69) is 27.3 Å². The predicted molar refractivity (Wildman–Crippen MR) is 124 cm³/mol. The monoisotopic (exact) mass is 440 g/mol. The first kappa shape index (κ1) is 21.6. The summed E-state index contributed by atoms with van der Waals surface area (Å²) in [6, 6.07) is 7.81. The SMILES string of the molecule is CC[C@H](C)NC(=O)[C@@H]1CCCN(c2nnc(C)c3c(C)n(-c4ccc(Cl)cc4)nc23)C1. The lowest BCUT2D eigenvalue weighted by atomic mass is 9.96. The summed E-state index contributed by atoms with van der Waals surface area (Å²) in [4.78, 5) is 14.9. The van der Waals surface area contributed by atoms with Crippen LogP contribution in [0, 0.1) is 19.8 Å². The fourth-order valence-corrected chi connectivity index (χ4v) is 4.33. The fourth-order valence-electron chi connectivity index (χ4n) is 4.20. The molecule has 1 fully saturated rings. The van der Waals surface area contributed by atoms with Crippen molar-refractivity contribution in [3.8, 4) is 5.69 Å². The third-order valence-electron chi connectivity index (χ3n) is 6.15. The zero-order chi connectivity index (χ0) is 22.1. The standard InChI is InChI=1S/C23H29ClN6O/c1-5-14(2)25-23(31)17-7-6-12-29(13-17)22-21-20(15(3)26-27-22)16(4)30(28-21)19-10-8-18(24)9-11-19/h8-11,14,17H,5-7,12-13H2,1-4H3,(H,25,31)/t14-,17+/m0/s1. The van der Waals surface area contributed by atoms with E-state index in [4.69, 9.17) is 16.7 Å². The van der Waals surface area contributed by atoms with Crippen LogP contribution >= 0.6 is 11.6 Å². The molecule has 2 atom stereocenters. The van der Waals surface area contributed by atoms with Crippen molar-refractivity contribution in [2.24, 2.45) is 5.92 Å². The van der Waals surface area contributed by atoms with Crippen molar-refractivity contribution in [3.63, 3.8) is 0 Å². The van der Waals surface area contributed by atoms with Crippen LogP contribution in [-0.4, -0.2) is 45.0 Å². The second-order valence-electron chi connectivity index (χ2n) is 8.41. The molecule has 0 aliphatic carbocycles. The molecule has 1 amide bonds. The summed E-state index contributed by atoms with van der Waals surface area (Å²) in [5.74, 6) is 0.816. The van der Waals surface area contributed by atoms with Gasteiger partial charge in [0.1, 0.15) is 5.52 Å². The highest BCUT2D eigenvalue weighted by atomic mass is 35.5. The molecule has 164 valence electrons. The van der Waals surface area contributed by atoms with Crippen LogP contribution < -0.4 is 10.2 Å². The number of aromatic nitrogens is 4. The Balaban J connectivity index is 1.69. The molecule has 1 aliphatic rings. The van der Waals surface area contributed by atoms with Crippen LogP contribution in [-0.2, 0) is 4.79 Å². The third-order valence-corrected chi connectivity index (χ3v) is 6.40. The number of rotatable bonds is 5. The highest BCUT2D eigenvalue weighted by Gasteiger charge is 2.29. The molecule has 0 saturated carbocycles. The molecule has 2 aromatic heterocycles. The van der Waals surface area contributed by atoms with Crippen LogP contribution in [0.15, 0.2) is 24.3 Å². The molecule has 3 heterocycles. The number of halogens is 1. The number of benzene rings is 1. The van der Waals surface area contributed by atoms with E-state index in [1.54, 1.807) is 0 Å². The smallest absolute Gasteiger partial charge is 0.225 e. The summed E-state index contributed by atoms with van der Waals surface area (Å²) < 4.78 is 1.91. The van der Waals surface area contributed by atoms with Gasteiger partial charge in [-0.05, 0) is 64.3 Å². The van der Waals surface area contributed by atoms with Crippen LogP contribution in [0.5, 0.6) is 0 Å². The van der Waals surface area contributed by atoms with Gasteiger partial charge in [0.2, 0.25) is 5.91 Å². The van der Waals surface area contributed by atoms with Gasteiger partial charge >= 0.3 is 0 Å². The van der Waals surface area contributed by atoms with Crippen LogP contribution in [0.2, 0.25) is 5.02 Å². The van der Waals surface area contributed by atoms with E-state index in [0.717, 1.165) is 59.6 Å². The Bertz CT molecular complexity index is 1090. The maximum Gasteiger partial charge on any atom is 0.225 e. The van der Waals surface area contributed by atoms with Gasteiger partial charge in [-0.25, -0.2) is 4.68 Å². The molecular weight excluding hydrogens is 412 g/mol. The number of amides is 1. The Morgan fingerprint density at radius 1 is 1.26 bits per heavy atom. The summed E-state index contributed by atoms with van der Waals surface area (Å²) in [5.41, 5.74) is 3.62. The Hall–Kier alpha value is -2.67. The fraction of sp³-hybridized carbons (Fsp3) is 0.478. The molecule has 4 rings (SSSR count). The molecular formula is C23H29ClN6O. The molecule has 0 spiro atoms. The molecule has 1 N–H and O–H groups in total. The van der Waals surface area contributed by atoms with Gasteiger partial charge in [0.15, 0.2) is 5.82 Å². The number of aryl methyl sites for hydroxylation is 2. The number of nitrogens with zero attached hydrogens (tertiary/aromatic N) is 5. The number of carbonyl (C=O) groups excluding carboxylic acids is 1. The number of nitrogens with one attached hydrogen (secondary N) is 1. The normalized spacial score (nSPS) is 17.7. The molecule has 0 unspecified atom stereocenters. The van der Waals surface area contributed by atoms with Crippen molar-refractivity contribution in [1.82, 2.24) is 25.3 Å². The van der Waals surface area contributed by atoms with Gasteiger partial charge < -0.3 is 10.2 Å². The van der Waals surface area contributed by atoms with E-state index in [1.807, 2.05) is 49.7 Å². The van der Waals surface area contributed by atoms with Gasteiger partial charge in [0.05, 0.1) is 28.4 Å². The first-order valence-electron chi connectivity index (χ1n) is 10.9. The van der Waals surface area contributed by atoms with Crippen molar-refractivity contribution < 1.29 is 4.79 Å². The van der Waals surface area contributed by atoms with Gasteiger partial charge in [0, 0.05) is 24.2 Å². The van der Waals surface area contributed by atoms with Crippen molar-refractivity contribution in [2.45, 2.75) is 53.0 Å². The number of piperidine rings is 1. The van der Waals surface area contributed by atoms with Crippen LogP contribution in [0.1, 0.15) is 44.5 Å². The second-order valence-corrected chi connectivity index (χ2v) is 8.85. The number of anilines is 1. The number of hydrogen-bond donors (Lipinski definition) is 1. The minimum absolute atomic E-state index is 0.0552. The molecule has 1 saturated heterocycles. The first-order chi connectivity index (χ1) is 14.9. The maximum absolute atomic E-state index is 12.7. The van der Waals surface area contributed by atoms with E-state index in [-0.39, 0.29) is 17.9 Å². The first-order valence-corrected chi connectivity index (χ1v) is 11.3. The Morgan fingerprint density at radius 3 is 2.71 bits per heavy atom. The molecule has 1 aromatic carbocycles. The topological polar surface area (TPSA) is 75.9 Å². The second kappa shape index (κ2) is 8.83. The van der Waals surface area contributed by atoms with Crippen LogP contribution in [0.4, 0.5) is 5.82 Å². The largest absolute Gasteiger partial charge is 0.353 e. The van der Waals surface area contributed by atoms with Crippen molar-refractivity contribution >= 4 is 34.2 Å². The zero-order valence-corrected chi connectivity index (χ0v) is 19.3. The van der Waals surface area contributed by atoms with Crippen molar-refractivity contribution in [1.29, 1.82) is 0 Å². The summed E-state index contributed by atoms with van der Waals surface area (Å²) in [6.45, 7) is 9.59. The van der Waals surface area contributed by atoms with Crippen LogP contribution in [0.25, 0.3) is 16.6 Å². The number of hydrogen-bond acceptors (Lipinski definition) is 5. The van der Waals surface area contributed by atoms with Gasteiger partial charge in [-0.3, -0.25) is 4.79 Å². The average Bonchev–Trinajstić information content (AvgIpc) is 3.12. The van der Waals surface area contributed by atoms with Crippen LogP contribution in [0.3, 0.4) is 0 Å². The van der Waals surface area contributed by atoms with Gasteiger partial charge in [-0.1, -0.05) is 18.5 Å². The molecule has 0 bridgehead atoms. The maximum atomic E-state index is 12.7. The van der Waals surface area contributed by atoms with Gasteiger partial charge in [0.25, 0.3) is 0 Å². The molecule has 3 aromatic rings. The lowest BCUT2D eigenvalue weighted by molar-refractivity contribution is -0.125. The highest BCUT2D eigenvalue weighted by Crippen LogP contribution is 2.31. The zero-order valence-electron chi connectivity index (χ0n) is 18.5. The van der Waals surface area contributed by atoms with Crippen molar-refractivity contribution in [2.75, 3.05) is 18.0 Å². The Kier molecular flexibility index (Phi) is 6.14. The van der Waals surface area contributed by atoms with E-state index in [9.17, 15) is 4.79 Å². The summed E-state index contributed by atoms with van der Waals surface area (Å²) >= 11 is 6.06. The van der Waals surface area contributed by atoms with E-state index in [1.165, 1.54) is 0 Å². The number of fused-ring (bicyclic) bond motifs is 1. The Morgan fingerprint density at radius 2 is 2.00 bits per heavy atom. The quantitative estimate of drug-likeness (QED) is 0.642. The minimum Gasteiger partial charge on any atom is -0.353 e. The molecule has 7 nitrogen and oxygen atoms in total. The molecule has 31 heavy (non-hydrogen) atoms. The average molecular weight is 441 g/mol. The van der Waals surface area contributed by atoms with Gasteiger partial charge in [-0.2, -0.15) is 10.2 Å². The molecule has 1 aliphatic heterocycles. The van der Waals surface area contributed by atoms with E-state index >= 15 is 0 Å². The lowest BCUT2D eigenvalue weighted by Gasteiger charge is -2.33. The Labute approximate surface area is 187 Å². The molecule has 8 heteroatoms. The molecule has 0 radical (unpaired) electrons. The summed E-state index contributed by atoms with van der Waals surface area (Å²) in [5, 5.41) is 18.7. The third kappa shape index (κ3) is 4.24. The number of carbonyl (C=O) groups is 1. The predicted octanol–water partition coefficient (Wildman–Crippen LogP) is 4.22. The summed E-state index contributed by atoms with van der Waals surface area (Å²) in [7, 11) is 0. The lowest BCUT2D eigenvalue weighted by Crippen LogP contribution is -2.45. The summed E-state index contributed by atoms with van der Waals surface area (Å²) in [6.07, 6.45) is 2.75. The van der Waals surface area contributed by atoms with E-state index < -0.39 is 0 Å². The van der Waals surface area contributed by atoms with Crippen molar-refractivity contribution in [3.05, 3.63) is 40.7 Å². The van der Waals surface area contributed by atoms with E-state index in [0.29, 0.717) is 11.6 Å². The highest BCUT2D eigenvalue weighted by molar-refractivity contribution is 6.30. The minimum atomic E-state index is -0.0552. The van der Waals surface area contributed by atoms with Gasteiger partial charge in [-0.15, -0.1) is 5.10 Å².